The Hall–Kier alpha value is -1.39. The van der Waals surface area contributed by atoms with Crippen LogP contribution in [0.15, 0.2) is 29.6 Å². The first-order valence-corrected chi connectivity index (χ1v) is 7.03. The zero-order valence-corrected chi connectivity index (χ0v) is 10.8. The second kappa shape index (κ2) is 4.71. The fourth-order valence-corrected chi connectivity index (χ4v) is 3.26. The van der Waals surface area contributed by atoms with E-state index in [1.165, 1.54) is 15.6 Å². The highest BCUT2D eigenvalue weighted by molar-refractivity contribution is 7.17. The molecular weight excluding hydrogens is 246 g/mol. The molecule has 0 spiro atoms. The smallest absolute Gasteiger partial charge is 0.317 e. The van der Waals surface area contributed by atoms with Crippen LogP contribution in [-0.2, 0) is 11.3 Å². The molecule has 1 heterocycles. The van der Waals surface area contributed by atoms with Gasteiger partial charge < -0.3 is 5.11 Å². The standard InChI is InChI=1S/C14H15NO2S/c16-14(17)8-15(11-5-6-11)7-10-9-18-13-4-2-1-3-12(10)13/h1-4,9,11H,5-8H2,(H,16,17). The summed E-state index contributed by atoms with van der Waals surface area (Å²) in [4.78, 5) is 13.0. The predicted molar refractivity (Wildman–Crippen MR) is 72.9 cm³/mol. The van der Waals surface area contributed by atoms with Crippen LogP contribution in [0.5, 0.6) is 0 Å². The van der Waals surface area contributed by atoms with E-state index in [0.717, 1.165) is 19.4 Å². The van der Waals surface area contributed by atoms with E-state index in [4.69, 9.17) is 5.11 Å². The highest BCUT2D eigenvalue weighted by Gasteiger charge is 2.30. The van der Waals surface area contributed by atoms with Gasteiger partial charge >= 0.3 is 5.97 Å². The maximum Gasteiger partial charge on any atom is 0.317 e. The summed E-state index contributed by atoms with van der Waals surface area (Å²) in [5.41, 5.74) is 1.25. The van der Waals surface area contributed by atoms with Crippen LogP contribution in [-0.4, -0.2) is 28.6 Å². The van der Waals surface area contributed by atoms with Crippen LogP contribution in [0.2, 0.25) is 0 Å². The van der Waals surface area contributed by atoms with Crippen LogP contribution < -0.4 is 0 Å². The van der Waals surface area contributed by atoms with E-state index >= 15 is 0 Å². The van der Waals surface area contributed by atoms with Gasteiger partial charge in [-0.25, -0.2) is 0 Å². The van der Waals surface area contributed by atoms with Crippen LogP contribution in [0.25, 0.3) is 10.1 Å². The first-order valence-electron chi connectivity index (χ1n) is 6.15. The minimum atomic E-state index is -0.735. The molecule has 0 saturated heterocycles. The largest absolute Gasteiger partial charge is 0.480 e. The van der Waals surface area contributed by atoms with Crippen LogP contribution in [0, 0.1) is 0 Å². The van der Waals surface area contributed by atoms with E-state index in [1.54, 1.807) is 11.3 Å². The number of fused-ring (bicyclic) bond motifs is 1. The lowest BCUT2D eigenvalue weighted by Crippen LogP contribution is -2.31. The number of carbonyl (C=O) groups is 1. The van der Waals surface area contributed by atoms with Gasteiger partial charge in [0.05, 0.1) is 6.54 Å². The molecule has 2 aromatic rings. The van der Waals surface area contributed by atoms with Crippen molar-refractivity contribution in [3.8, 4) is 0 Å². The van der Waals surface area contributed by atoms with Crippen LogP contribution in [0.4, 0.5) is 0 Å². The zero-order valence-electron chi connectivity index (χ0n) is 10.0. The molecule has 0 bridgehead atoms. The molecule has 94 valence electrons. The van der Waals surface area contributed by atoms with Gasteiger partial charge in [0.25, 0.3) is 0 Å². The molecule has 18 heavy (non-hydrogen) atoms. The normalized spacial score (nSPS) is 15.4. The van der Waals surface area contributed by atoms with Gasteiger partial charge in [0.15, 0.2) is 0 Å². The average Bonchev–Trinajstić information content (AvgIpc) is 3.12. The Morgan fingerprint density at radius 1 is 1.39 bits per heavy atom. The summed E-state index contributed by atoms with van der Waals surface area (Å²) >= 11 is 1.73. The Labute approximate surface area is 110 Å². The Kier molecular flexibility index (Phi) is 3.06. The summed E-state index contributed by atoms with van der Waals surface area (Å²) in [7, 11) is 0. The summed E-state index contributed by atoms with van der Waals surface area (Å²) in [5, 5.41) is 12.4. The first-order chi connectivity index (χ1) is 8.74. The number of thiophene rings is 1. The van der Waals surface area contributed by atoms with Crippen molar-refractivity contribution in [2.75, 3.05) is 6.54 Å². The van der Waals surface area contributed by atoms with Crippen LogP contribution in [0.3, 0.4) is 0 Å². The molecule has 1 fully saturated rings. The molecule has 0 atom stereocenters. The monoisotopic (exact) mass is 261 g/mol. The molecule has 0 radical (unpaired) electrons. The molecular formula is C14H15NO2S. The second-order valence-electron chi connectivity index (χ2n) is 4.79. The van der Waals surface area contributed by atoms with Gasteiger partial charge in [-0.1, -0.05) is 18.2 Å². The summed E-state index contributed by atoms with van der Waals surface area (Å²) in [6, 6.07) is 8.78. The van der Waals surface area contributed by atoms with Gasteiger partial charge in [-0.15, -0.1) is 11.3 Å². The number of carboxylic acids is 1. The molecule has 1 aliphatic rings. The fraction of sp³-hybridized carbons (Fsp3) is 0.357. The lowest BCUT2D eigenvalue weighted by Gasteiger charge is -2.19. The first kappa shape index (κ1) is 11.7. The zero-order chi connectivity index (χ0) is 12.5. The molecule has 1 N–H and O–H groups in total. The third-order valence-corrected chi connectivity index (χ3v) is 4.35. The highest BCUT2D eigenvalue weighted by atomic mass is 32.1. The Morgan fingerprint density at radius 3 is 2.89 bits per heavy atom. The van der Waals surface area contributed by atoms with Gasteiger partial charge in [0.2, 0.25) is 0 Å². The predicted octanol–water partition coefficient (Wildman–Crippen LogP) is 2.95. The van der Waals surface area contributed by atoms with Crippen molar-refractivity contribution in [1.82, 2.24) is 4.90 Å². The quantitative estimate of drug-likeness (QED) is 0.899. The average molecular weight is 261 g/mol. The van der Waals surface area contributed by atoms with Crippen LogP contribution in [0.1, 0.15) is 18.4 Å². The van der Waals surface area contributed by atoms with Gasteiger partial charge in [-0.05, 0) is 35.2 Å². The van der Waals surface area contributed by atoms with Gasteiger partial charge in [-0.2, -0.15) is 0 Å². The number of hydrogen-bond donors (Lipinski definition) is 1. The van der Waals surface area contributed by atoms with Gasteiger partial charge in [0, 0.05) is 17.3 Å². The van der Waals surface area contributed by atoms with E-state index in [0.29, 0.717) is 6.04 Å². The summed E-state index contributed by atoms with van der Waals surface area (Å²) in [5.74, 6) is -0.735. The number of aliphatic carboxylic acids is 1. The summed E-state index contributed by atoms with van der Waals surface area (Å²) in [6.45, 7) is 0.899. The lowest BCUT2D eigenvalue weighted by molar-refractivity contribution is -0.138. The Bertz CT molecular complexity index is 574. The van der Waals surface area contributed by atoms with Crippen molar-refractivity contribution < 1.29 is 9.90 Å². The van der Waals surface area contributed by atoms with Crippen molar-refractivity contribution >= 4 is 27.4 Å². The van der Waals surface area contributed by atoms with E-state index < -0.39 is 5.97 Å². The third kappa shape index (κ3) is 2.40. The maximum atomic E-state index is 10.9. The number of hydrogen-bond acceptors (Lipinski definition) is 3. The highest BCUT2D eigenvalue weighted by Crippen LogP contribution is 2.31. The molecule has 1 aromatic carbocycles. The molecule has 1 aliphatic carbocycles. The fourth-order valence-electron chi connectivity index (χ4n) is 2.30. The SMILES string of the molecule is O=C(O)CN(Cc1csc2ccccc12)C1CC1. The number of rotatable bonds is 5. The minimum Gasteiger partial charge on any atom is -0.480 e. The Morgan fingerprint density at radius 2 is 2.17 bits per heavy atom. The van der Waals surface area contributed by atoms with E-state index in [9.17, 15) is 4.79 Å². The second-order valence-corrected chi connectivity index (χ2v) is 5.70. The molecule has 1 aromatic heterocycles. The summed E-state index contributed by atoms with van der Waals surface area (Å²) < 4.78 is 1.28. The van der Waals surface area contributed by atoms with Crippen LogP contribution >= 0.6 is 11.3 Å². The van der Waals surface area contributed by atoms with Crippen molar-refractivity contribution in [1.29, 1.82) is 0 Å². The number of nitrogens with zero attached hydrogens (tertiary/aromatic N) is 1. The Balaban J connectivity index is 1.83. The lowest BCUT2D eigenvalue weighted by atomic mass is 10.1. The third-order valence-electron chi connectivity index (χ3n) is 3.34. The van der Waals surface area contributed by atoms with Gasteiger partial charge in [0.1, 0.15) is 0 Å². The maximum absolute atomic E-state index is 10.9. The van der Waals surface area contributed by atoms with Crippen molar-refractivity contribution in [3.63, 3.8) is 0 Å². The van der Waals surface area contributed by atoms with E-state index in [2.05, 4.69) is 22.4 Å². The van der Waals surface area contributed by atoms with Gasteiger partial charge in [-0.3, -0.25) is 9.69 Å². The molecule has 3 rings (SSSR count). The molecule has 0 amide bonds. The molecule has 3 nitrogen and oxygen atoms in total. The number of carboxylic acid groups (broad SMARTS) is 1. The molecule has 4 heteroatoms. The topological polar surface area (TPSA) is 40.5 Å². The van der Waals surface area contributed by atoms with Crippen molar-refractivity contribution in [3.05, 3.63) is 35.2 Å². The molecule has 0 unspecified atom stereocenters. The van der Waals surface area contributed by atoms with E-state index in [1.807, 2.05) is 12.1 Å². The molecule has 0 aliphatic heterocycles. The van der Waals surface area contributed by atoms with E-state index in [-0.39, 0.29) is 6.54 Å². The summed E-state index contributed by atoms with van der Waals surface area (Å²) in [6.07, 6.45) is 2.27. The number of benzene rings is 1. The van der Waals surface area contributed by atoms with Crippen molar-refractivity contribution in [2.45, 2.75) is 25.4 Å². The minimum absolute atomic E-state index is 0.148. The molecule has 1 saturated carbocycles. The van der Waals surface area contributed by atoms with Crippen molar-refractivity contribution in [2.24, 2.45) is 0 Å².